The Hall–Kier alpha value is -3.74. The fourth-order valence-corrected chi connectivity index (χ4v) is 3.36. The fraction of sp³-hybridized carbons (Fsp3) is 0.143. The first-order valence-electron chi connectivity index (χ1n) is 9.17. The largest absolute Gasteiger partial charge is 0.382 e. The Morgan fingerprint density at radius 1 is 0.964 bits per heavy atom. The lowest BCUT2D eigenvalue weighted by Crippen LogP contribution is -2.09. The number of rotatable bonds is 4. The topological polar surface area (TPSA) is 95.2 Å². The lowest BCUT2D eigenvalue weighted by atomic mass is 10.1. The molecule has 7 nitrogen and oxygen atoms in total. The number of nitrogens with one attached hydrogen (secondary N) is 3. The van der Waals surface area contributed by atoms with Crippen molar-refractivity contribution < 1.29 is 0 Å². The van der Waals surface area contributed by atoms with Gasteiger partial charge in [-0.25, -0.2) is 9.97 Å². The van der Waals surface area contributed by atoms with Crippen LogP contribution in [0.25, 0.3) is 44.6 Å². The van der Waals surface area contributed by atoms with E-state index in [1.165, 1.54) is 0 Å². The average molecular weight is 369 g/mol. The van der Waals surface area contributed by atoms with Crippen LogP contribution < -0.4 is 5.32 Å². The number of pyridine rings is 3. The third-order valence-corrected chi connectivity index (χ3v) is 4.59. The van der Waals surface area contributed by atoms with Crippen molar-refractivity contribution in [2.24, 2.45) is 0 Å². The molecule has 5 aromatic rings. The number of anilines is 1. The van der Waals surface area contributed by atoms with E-state index in [2.05, 4.69) is 67.5 Å². The summed E-state index contributed by atoms with van der Waals surface area (Å²) >= 11 is 0. The molecule has 5 heterocycles. The molecule has 0 bridgehead atoms. The van der Waals surface area contributed by atoms with Crippen molar-refractivity contribution in [1.29, 1.82) is 0 Å². The molecule has 0 aliphatic rings. The summed E-state index contributed by atoms with van der Waals surface area (Å²) in [6.45, 7) is 4.21. The first-order chi connectivity index (χ1) is 13.7. The molecule has 3 N–H and O–H groups in total. The molecule has 0 aliphatic heterocycles. The summed E-state index contributed by atoms with van der Waals surface area (Å²) < 4.78 is 0. The van der Waals surface area contributed by atoms with Gasteiger partial charge in [0.05, 0.1) is 11.4 Å². The van der Waals surface area contributed by atoms with E-state index in [-0.39, 0.29) is 0 Å². The number of hydrogen-bond donors (Lipinski definition) is 3. The van der Waals surface area contributed by atoms with E-state index < -0.39 is 0 Å². The van der Waals surface area contributed by atoms with Gasteiger partial charge in [0, 0.05) is 52.7 Å². The molecule has 0 atom stereocenters. The Labute approximate surface area is 161 Å². The summed E-state index contributed by atoms with van der Waals surface area (Å²) in [5, 5.41) is 12.9. The Bertz CT molecular complexity index is 1250. The minimum atomic E-state index is 0.341. The molecule has 0 aliphatic carbocycles. The van der Waals surface area contributed by atoms with Crippen molar-refractivity contribution in [1.82, 2.24) is 30.1 Å². The molecule has 28 heavy (non-hydrogen) atoms. The van der Waals surface area contributed by atoms with Gasteiger partial charge < -0.3 is 10.3 Å². The second kappa shape index (κ2) is 6.45. The van der Waals surface area contributed by atoms with Gasteiger partial charge in [0.1, 0.15) is 11.3 Å². The summed E-state index contributed by atoms with van der Waals surface area (Å²) in [7, 11) is 0. The molecule has 0 unspecified atom stereocenters. The number of aromatic amines is 2. The van der Waals surface area contributed by atoms with Crippen LogP contribution in [0.1, 0.15) is 13.8 Å². The average Bonchev–Trinajstić information content (AvgIpc) is 3.30. The van der Waals surface area contributed by atoms with E-state index in [0.717, 1.165) is 50.3 Å². The maximum atomic E-state index is 4.55. The molecular weight excluding hydrogens is 350 g/mol. The van der Waals surface area contributed by atoms with E-state index >= 15 is 0 Å². The molecule has 0 amide bonds. The van der Waals surface area contributed by atoms with Crippen molar-refractivity contribution in [3.63, 3.8) is 0 Å². The van der Waals surface area contributed by atoms with Gasteiger partial charge in [-0.05, 0) is 44.2 Å². The van der Waals surface area contributed by atoms with Gasteiger partial charge in [0.25, 0.3) is 0 Å². The standard InChI is InChI=1S/C21H19N7/c1-12(2)25-16-6-14(9-22-11-16)15-7-17-19(27-28-21(17)24-10-15)18-8-13-4-3-5-23-20(13)26-18/h3-12,25H,1-2H3,(H,23,26)(H,24,27,28). The summed E-state index contributed by atoms with van der Waals surface area (Å²) in [5.74, 6) is 0. The van der Waals surface area contributed by atoms with Crippen molar-refractivity contribution in [3.05, 3.63) is 55.1 Å². The summed E-state index contributed by atoms with van der Waals surface area (Å²) in [4.78, 5) is 16.6. The second-order valence-corrected chi connectivity index (χ2v) is 7.08. The first-order valence-corrected chi connectivity index (χ1v) is 9.17. The van der Waals surface area contributed by atoms with E-state index in [9.17, 15) is 0 Å². The highest BCUT2D eigenvalue weighted by Crippen LogP contribution is 2.30. The Kier molecular flexibility index (Phi) is 3.79. The van der Waals surface area contributed by atoms with Crippen LogP contribution in [-0.2, 0) is 0 Å². The van der Waals surface area contributed by atoms with E-state index in [0.29, 0.717) is 6.04 Å². The highest BCUT2D eigenvalue weighted by atomic mass is 15.2. The number of aromatic nitrogens is 6. The van der Waals surface area contributed by atoms with Gasteiger partial charge in [-0.2, -0.15) is 5.10 Å². The fourth-order valence-electron chi connectivity index (χ4n) is 3.36. The zero-order chi connectivity index (χ0) is 19.1. The van der Waals surface area contributed by atoms with Crippen LogP contribution in [0.2, 0.25) is 0 Å². The molecule has 0 radical (unpaired) electrons. The molecule has 138 valence electrons. The molecule has 5 rings (SSSR count). The van der Waals surface area contributed by atoms with Gasteiger partial charge in [0.15, 0.2) is 5.65 Å². The number of nitrogens with zero attached hydrogens (tertiary/aromatic N) is 4. The predicted octanol–water partition coefficient (Wildman–Crippen LogP) is 4.38. The van der Waals surface area contributed by atoms with Gasteiger partial charge in [-0.1, -0.05) is 0 Å². The van der Waals surface area contributed by atoms with Gasteiger partial charge in [0.2, 0.25) is 0 Å². The highest BCUT2D eigenvalue weighted by molar-refractivity contribution is 5.95. The van der Waals surface area contributed by atoms with Crippen molar-refractivity contribution in [3.8, 4) is 22.5 Å². The highest BCUT2D eigenvalue weighted by Gasteiger charge is 2.13. The van der Waals surface area contributed by atoms with Crippen molar-refractivity contribution in [2.45, 2.75) is 19.9 Å². The van der Waals surface area contributed by atoms with Crippen LogP contribution in [0.5, 0.6) is 0 Å². The van der Waals surface area contributed by atoms with Crippen LogP contribution in [-0.4, -0.2) is 36.2 Å². The summed E-state index contributed by atoms with van der Waals surface area (Å²) in [6, 6.07) is 10.5. The van der Waals surface area contributed by atoms with Crippen LogP contribution in [0.15, 0.2) is 55.1 Å². The molecule has 0 spiro atoms. The van der Waals surface area contributed by atoms with E-state index in [1.54, 1.807) is 6.20 Å². The normalized spacial score (nSPS) is 11.5. The third-order valence-electron chi connectivity index (χ3n) is 4.59. The molecule has 7 heteroatoms. The second-order valence-electron chi connectivity index (χ2n) is 7.08. The summed E-state index contributed by atoms with van der Waals surface area (Å²) in [6.07, 6.45) is 7.29. The zero-order valence-corrected chi connectivity index (χ0v) is 15.6. The summed E-state index contributed by atoms with van der Waals surface area (Å²) in [5.41, 5.74) is 6.31. The van der Waals surface area contributed by atoms with Crippen LogP contribution in [0.4, 0.5) is 5.69 Å². The van der Waals surface area contributed by atoms with Gasteiger partial charge >= 0.3 is 0 Å². The van der Waals surface area contributed by atoms with Crippen LogP contribution >= 0.6 is 0 Å². The number of H-pyrrole nitrogens is 2. The van der Waals surface area contributed by atoms with Gasteiger partial charge in [-0.15, -0.1) is 0 Å². The minimum absolute atomic E-state index is 0.341. The van der Waals surface area contributed by atoms with Crippen molar-refractivity contribution >= 4 is 27.8 Å². The van der Waals surface area contributed by atoms with Crippen molar-refractivity contribution in [2.75, 3.05) is 5.32 Å². The molecule has 0 saturated heterocycles. The van der Waals surface area contributed by atoms with Crippen LogP contribution in [0, 0.1) is 0 Å². The van der Waals surface area contributed by atoms with E-state index in [4.69, 9.17) is 0 Å². The maximum Gasteiger partial charge on any atom is 0.155 e. The number of fused-ring (bicyclic) bond motifs is 2. The third kappa shape index (κ3) is 2.87. The number of hydrogen-bond acceptors (Lipinski definition) is 5. The molecule has 0 aromatic carbocycles. The Morgan fingerprint density at radius 3 is 2.71 bits per heavy atom. The molecular formula is C21H19N7. The molecule has 0 fully saturated rings. The monoisotopic (exact) mass is 369 g/mol. The molecule has 5 aromatic heterocycles. The predicted molar refractivity (Wildman–Crippen MR) is 111 cm³/mol. The van der Waals surface area contributed by atoms with Crippen LogP contribution in [0.3, 0.4) is 0 Å². The van der Waals surface area contributed by atoms with E-state index in [1.807, 2.05) is 30.7 Å². The minimum Gasteiger partial charge on any atom is -0.382 e. The molecule has 0 saturated carbocycles. The van der Waals surface area contributed by atoms with Gasteiger partial charge in [-0.3, -0.25) is 10.1 Å². The lowest BCUT2D eigenvalue weighted by Gasteiger charge is -2.10. The Morgan fingerprint density at radius 2 is 1.86 bits per heavy atom. The zero-order valence-electron chi connectivity index (χ0n) is 15.6. The SMILES string of the molecule is CC(C)Nc1cncc(-c2cnc3[nH]nc(-c4cc5cccnc5[nH]4)c3c2)c1. The first kappa shape index (κ1) is 16.4. The quantitative estimate of drug-likeness (QED) is 0.437. The smallest absolute Gasteiger partial charge is 0.155 e. The maximum absolute atomic E-state index is 4.55. The lowest BCUT2D eigenvalue weighted by molar-refractivity contribution is 0.898. The Balaban J connectivity index is 1.60.